The summed E-state index contributed by atoms with van der Waals surface area (Å²) in [6, 6.07) is 10.4. The molecule has 1 aliphatic carbocycles. The molecular formula is C18H20N2O2. The van der Waals surface area contributed by atoms with Crippen LogP contribution in [0.4, 0.5) is 0 Å². The summed E-state index contributed by atoms with van der Waals surface area (Å²) in [5.74, 6) is 1.71. The third kappa shape index (κ3) is 2.66. The first-order valence-corrected chi connectivity index (χ1v) is 7.96. The Morgan fingerprint density at radius 2 is 1.95 bits per heavy atom. The largest absolute Gasteiger partial charge is 0.454 e. The van der Waals surface area contributed by atoms with Crippen molar-refractivity contribution < 1.29 is 9.47 Å². The van der Waals surface area contributed by atoms with Gasteiger partial charge in [0, 0.05) is 24.3 Å². The van der Waals surface area contributed by atoms with Crippen molar-refractivity contribution in [3.8, 4) is 11.5 Å². The molecular weight excluding hydrogens is 276 g/mol. The summed E-state index contributed by atoms with van der Waals surface area (Å²) in [5.41, 5.74) is 4.97. The lowest BCUT2D eigenvalue weighted by Crippen LogP contribution is -2.16. The highest BCUT2D eigenvalue weighted by atomic mass is 16.7. The number of rotatable bonds is 4. The van der Waals surface area contributed by atoms with Crippen LogP contribution in [0, 0.1) is 0 Å². The Labute approximate surface area is 130 Å². The van der Waals surface area contributed by atoms with Gasteiger partial charge in [0.05, 0.1) is 5.69 Å². The number of nitrogens with one attached hydrogen (secondary N) is 1. The van der Waals surface area contributed by atoms with E-state index >= 15 is 0 Å². The topological polar surface area (TPSA) is 43.4 Å². The second kappa shape index (κ2) is 5.97. The van der Waals surface area contributed by atoms with Gasteiger partial charge in [0.2, 0.25) is 6.79 Å². The van der Waals surface area contributed by atoms with Crippen LogP contribution in [0.1, 0.15) is 35.4 Å². The summed E-state index contributed by atoms with van der Waals surface area (Å²) in [7, 11) is 0. The summed E-state index contributed by atoms with van der Waals surface area (Å²) in [5, 5.41) is 3.46. The molecule has 2 heterocycles. The highest BCUT2D eigenvalue weighted by Gasteiger charge is 2.16. The summed E-state index contributed by atoms with van der Waals surface area (Å²) in [6.45, 7) is 1.85. The number of fused-ring (bicyclic) bond motifs is 2. The van der Waals surface area contributed by atoms with E-state index in [1.165, 1.54) is 30.5 Å². The summed E-state index contributed by atoms with van der Waals surface area (Å²) < 4.78 is 10.9. The molecule has 1 aromatic heterocycles. The number of ether oxygens (including phenoxy) is 2. The molecule has 4 rings (SSSR count). The molecule has 0 amide bonds. The maximum absolute atomic E-state index is 5.53. The molecule has 1 aromatic carbocycles. The van der Waals surface area contributed by atoms with Crippen LogP contribution >= 0.6 is 0 Å². The lowest BCUT2D eigenvalue weighted by atomic mass is 9.96. The number of pyridine rings is 1. The molecule has 22 heavy (non-hydrogen) atoms. The van der Waals surface area contributed by atoms with Crippen molar-refractivity contribution >= 4 is 0 Å². The quantitative estimate of drug-likeness (QED) is 0.942. The van der Waals surface area contributed by atoms with E-state index in [9.17, 15) is 0 Å². The standard InChI is InChI=1S/C18H20N2O2/c1-2-6-16-13(4-1)8-9-15(20-16)11-19-10-14-5-3-7-17-18(14)22-12-21-17/h3,5,7-9,19H,1-2,4,6,10-12H2. The van der Waals surface area contributed by atoms with Crippen LogP contribution in [0.25, 0.3) is 0 Å². The number of benzene rings is 1. The van der Waals surface area contributed by atoms with Gasteiger partial charge >= 0.3 is 0 Å². The number of hydrogen-bond donors (Lipinski definition) is 1. The van der Waals surface area contributed by atoms with Crippen molar-refractivity contribution in [3.63, 3.8) is 0 Å². The molecule has 0 saturated carbocycles. The minimum atomic E-state index is 0.318. The Morgan fingerprint density at radius 1 is 1.00 bits per heavy atom. The second-order valence-corrected chi connectivity index (χ2v) is 5.87. The molecule has 114 valence electrons. The van der Waals surface area contributed by atoms with Crippen LogP contribution in [-0.4, -0.2) is 11.8 Å². The first-order chi connectivity index (χ1) is 10.9. The average Bonchev–Trinajstić information content (AvgIpc) is 3.04. The predicted molar refractivity (Wildman–Crippen MR) is 84.0 cm³/mol. The van der Waals surface area contributed by atoms with Gasteiger partial charge in [0.1, 0.15) is 0 Å². The molecule has 1 N–H and O–H groups in total. The monoisotopic (exact) mass is 296 g/mol. The molecule has 1 aliphatic heterocycles. The van der Waals surface area contributed by atoms with Gasteiger partial charge in [-0.05, 0) is 43.4 Å². The zero-order chi connectivity index (χ0) is 14.8. The summed E-state index contributed by atoms with van der Waals surface area (Å²) >= 11 is 0. The molecule has 4 nitrogen and oxygen atoms in total. The van der Waals surface area contributed by atoms with Crippen molar-refractivity contribution in [2.24, 2.45) is 0 Å². The first kappa shape index (κ1) is 13.6. The number of para-hydroxylation sites is 1. The van der Waals surface area contributed by atoms with Gasteiger partial charge in [-0.3, -0.25) is 4.98 Å². The fourth-order valence-corrected chi connectivity index (χ4v) is 3.18. The van der Waals surface area contributed by atoms with E-state index in [1.54, 1.807) is 0 Å². The molecule has 0 unspecified atom stereocenters. The molecule has 0 saturated heterocycles. The van der Waals surface area contributed by atoms with Gasteiger partial charge < -0.3 is 14.8 Å². The maximum Gasteiger partial charge on any atom is 0.231 e. The van der Waals surface area contributed by atoms with Crippen LogP contribution < -0.4 is 14.8 Å². The fraction of sp³-hybridized carbons (Fsp3) is 0.389. The van der Waals surface area contributed by atoms with Crippen LogP contribution in [0.3, 0.4) is 0 Å². The SMILES string of the molecule is c1cc(CNCc2ccc3c(n2)CCCC3)c2c(c1)OCO2. The molecule has 0 bridgehead atoms. The van der Waals surface area contributed by atoms with Crippen molar-refractivity contribution in [2.75, 3.05) is 6.79 Å². The Balaban J connectivity index is 1.40. The summed E-state index contributed by atoms with van der Waals surface area (Å²) in [4.78, 5) is 4.80. The Morgan fingerprint density at radius 3 is 2.95 bits per heavy atom. The zero-order valence-corrected chi connectivity index (χ0v) is 12.6. The third-order valence-electron chi connectivity index (χ3n) is 4.34. The van der Waals surface area contributed by atoms with Gasteiger partial charge in [-0.1, -0.05) is 18.2 Å². The van der Waals surface area contributed by atoms with Crippen molar-refractivity contribution in [1.82, 2.24) is 10.3 Å². The van der Waals surface area contributed by atoms with Crippen LogP contribution in [0.15, 0.2) is 30.3 Å². The van der Waals surface area contributed by atoms with E-state index in [0.29, 0.717) is 6.79 Å². The normalized spacial score (nSPS) is 15.6. The zero-order valence-electron chi connectivity index (χ0n) is 12.6. The highest BCUT2D eigenvalue weighted by molar-refractivity contribution is 5.48. The van der Waals surface area contributed by atoms with Crippen molar-refractivity contribution in [2.45, 2.75) is 38.8 Å². The van der Waals surface area contributed by atoms with Crippen LogP contribution in [0.5, 0.6) is 11.5 Å². The number of nitrogens with zero attached hydrogens (tertiary/aromatic N) is 1. The van der Waals surface area contributed by atoms with Crippen molar-refractivity contribution in [1.29, 1.82) is 0 Å². The van der Waals surface area contributed by atoms with E-state index in [4.69, 9.17) is 14.5 Å². The lowest BCUT2D eigenvalue weighted by molar-refractivity contribution is 0.173. The minimum absolute atomic E-state index is 0.318. The number of hydrogen-bond acceptors (Lipinski definition) is 4. The summed E-state index contributed by atoms with van der Waals surface area (Å²) in [6.07, 6.45) is 4.88. The van der Waals surface area contributed by atoms with Gasteiger partial charge in [0.15, 0.2) is 11.5 Å². The van der Waals surface area contributed by atoms with E-state index in [0.717, 1.165) is 42.3 Å². The third-order valence-corrected chi connectivity index (χ3v) is 4.34. The first-order valence-electron chi connectivity index (χ1n) is 7.96. The van der Waals surface area contributed by atoms with E-state index in [-0.39, 0.29) is 0 Å². The highest BCUT2D eigenvalue weighted by Crippen LogP contribution is 2.35. The fourth-order valence-electron chi connectivity index (χ4n) is 3.18. The lowest BCUT2D eigenvalue weighted by Gasteiger charge is -2.15. The van der Waals surface area contributed by atoms with Gasteiger partial charge in [-0.15, -0.1) is 0 Å². The van der Waals surface area contributed by atoms with E-state index in [2.05, 4.69) is 23.5 Å². The average molecular weight is 296 g/mol. The smallest absolute Gasteiger partial charge is 0.231 e. The van der Waals surface area contributed by atoms with Crippen molar-refractivity contribution in [3.05, 3.63) is 52.8 Å². The second-order valence-electron chi connectivity index (χ2n) is 5.87. The minimum Gasteiger partial charge on any atom is -0.454 e. The van der Waals surface area contributed by atoms with Gasteiger partial charge in [-0.25, -0.2) is 0 Å². The number of aryl methyl sites for hydroxylation is 2. The van der Waals surface area contributed by atoms with Gasteiger partial charge in [0.25, 0.3) is 0 Å². The van der Waals surface area contributed by atoms with Crippen LogP contribution in [0.2, 0.25) is 0 Å². The molecule has 4 heteroatoms. The van der Waals surface area contributed by atoms with E-state index < -0.39 is 0 Å². The Bertz CT molecular complexity index is 685. The molecule has 0 radical (unpaired) electrons. The molecule has 2 aromatic rings. The van der Waals surface area contributed by atoms with E-state index in [1.807, 2.05) is 12.1 Å². The number of aromatic nitrogens is 1. The molecule has 0 atom stereocenters. The van der Waals surface area contributed by atoms with Gasteiger partial charge in [-0.2, -0.15) is 0 Å². The Kier molecular flexibility index (Phi) is 3.69. The predicted octanol–water partition coefficient (Wildman–Crippen LogP) is 2.98. The molecule has 2 aliphatic rings. The molecule has 0 fully saturated rings. The molecule has 0 spiro atoms. The Hall–Kier alpha value is -2.07. The maximum atomic E-state index is 5.53. The van der Waals surface area contributed by atoms with Crippen LogP contribution in [-0.2, 0) is 25.9 Å².